The lowest BCUT2D eigenvalue weighted by molar-refractivity contribution is -0.116. The van der Waals surface area contributed by atoms with E-state index in [1.165, 1.54) is 24.6 Å². The summed E-state index contributed by atoms with van der Waals surface area (Å²) in [6.45, 7) is 0.346. The molecule has 9 nitrogen and oxygen atoms in total. The van der Waals surface area contributed by atoms with Crippen LogP contribution in [0.15, 0.2) is 58.7 Å². The van der Waals surface area contributed by atoms with Crippen LogP contribution in [0.25, 0.3) is 5.65 Å². The monoisotopic (exact) mass is 448 g/mol. The van der Waals surface area contributed by atoms with Crippen molar-refractivity contribution in [1.82, 2.24) is 29.5 Å². The van der Waals surface area contributed by atoms with E-state index in [4.69, 9.17) is 4.98 Å². The highest BCUT2D eigenvalue weighted by molar-refractivity contribution is 7.99. The molecule has 1 aromatic carbocycles. The Hall–Kier alpha value is -3.37. The molecule has 0 aliphatic heterocycles. The quantitative estimate of drug-likeness (QED) is 0.353. The van der Waals surface area contributed by atoms with Crippen molar-refractivity contribution in [3.63, 3.8) is 0 Å². The summed E-state index contributed by atoms with van der Waals surface area (Å²) in [6.07, 6.45) is 6.06. The van der Waals surface area contributed by atoms with Crippen molar-refractivity contribution >= 4 is 40.8 Å². The average Bonchev–Trinajstić information content (AvgIpc) is 3.30. The van der Waals surface area contributed by atoms with E-state index in [-0.39, 0.29) is 5.91 Å². The van der Waals surface area contributed by atoms with Gasteiger partial charge in [-0.1, -0.05) is 11.8 Å². The van der Waals surface area contributed by atoms with E-state index in [0.717, 1.165) is 32.8 Å². The highest BCUT2D eigenvalue weighted by Crippen LogP contribution is 2.39. The fraction of sp³-hybridized carbons (Fsp3) is 0.273. The summed E-state index contributed by atoms with van der Waals surface area (Å²) in [5.41, 5.74) is 2.73. The summed E-state index contributed by atoms with van der Waals surface area (Å²) in [5, 5.41) is 14.5. The number of anilines is 3. The summed E-state index contributed by atoms with van der Waals surface area (Å²) >= 11 is 1.54. The third-order valence-corrected chi connectivity index (χ3v) is 5.97. The molecule has 1 saturated carbocycles. The average molecular weight is 449 g/mol. The van der Waals surface area contributed by atoms with Crippen LogP contribution in [-0.4, -0.2) is 56.0 Å². The van der Waals surface area contributed by atoms with E-state index in [1.54, 1.807) is 6.20 Å². The Morgan fingerprint density at radius 2 is 2.06 bits per heavy atom. The molecule has 32 heavy (non-hydrogen) atoms. The molecule has 1 aliphatic carbocycles. The van der Waals surface area contributed by atoms with Crippen LogP contribution in [0.2, 0.25) is 0 Å². The molecule has 1 fully saturated rings. The number of hydrogen-bond donors (Lipinski definition) is 3. The number of rotatable bonds is 8. The van der Waals surface area contributed by atoms with Gasteiger partial charge in [0.25, 0.3) is 0 Å². The zero-order valence-electron chi connectivity index (χ0n) is 17.9. The summed E-state index contributed by atoms with van der Waals surface area (Å²) in [4.78, 5) is 24.0. The normalized spacial score (nSPS) is 13.6. The van der Waals surface area contributed by atoms with Crippen LogP contribution < -0.4 is 10.6 Å². The SMILES string of the molecule is CN(C)CC(=O)Nc1ccc(Sc2cc3nccn3c(Nc3cc(C4CC4)[nH]n3)n2)cc1. The zero-order valence-corrected chi connectivity index (χ0v) is 18.7. The molecule has 164 valence electrons. The van der Waals surface area contributed by atoms with Crippen LogP contribution in [-0.2, 0) is 4.79 Å². The molecule has 3 aromatic heterocycles. The van der Waals surface area contributed by atoms with Crippen molar-refractivity contribution < 1.29 is 4.79 Å². The molecule has 4 aromatic rings. The number of nitrogens with one attached hydrogen (secondary N) is 3. The van der Waals surface area contributed by atoms with Gasteiger partial charge < -0.3 is 15.5 Å². The van der Waals surface area contributed by atoms with Crippen LogP contribution in [0.1, 0.15) is 24.5 Å². The number of amides is 1. The standard InChI is InChI=1S/C22H24N8OS/c1-29(2)13-20(31)24-15-5-7-16(8-6-15)32-21-12-19-23-9-10-30(19)22(26-21)25-18-11-17(27-28-18)14-3-4-14/h5-12,14H,3-4,13H2,1-2H3,(H,24,31)(H2,25,26,27,28). The molecule has 0 saturated heterocycles. The van der Waals surface area contributed by atoms with E-state index in [0.29, 0.717) is 18.4 Å². The minimum atomic E-state index is -0.0410. The molecular formula is C22H24N8OS. The number of benzene rings is 1. The van der Waals surface area contributed by atoms with Crippen LogP contribution in [0, 0.1) is 0 Å². The minimum absolute atomic E-state index is 0.0410. The lowest BCUT2D eigenvalue weighted by atomic mass is 10.3. The molecule has 0 spiro atoms. The molecule has 3 N–H and O–H groups in total. The second kappa shape index (κ2) is 8.64. The minimum Gasteiger partial charge on any atom is -0.325 e. The molecule has 0 radical (unpaired) electrons. The molecule has 0 atom stereocenters. The van der Waals surface area contributed by atoms with E-state index in [9.17, 15) is 4.79 Å². The first kappa shape index (κ1) is 20.5. The predicted molar refractivity (Wildman–Crippen MR) is 125 cm³/mol. The van der Waals surface area contributed by atoms with E-state index >= 15 is 0 Å². The Balaban J connectivity index is 1.32. The summed E-state index contributed by atoms with van der Waals surface area (Å²) in [6, 6.07) is 11.7. The first-order chi connectivity index (χ1) is 15.5. The maximum atomic E-state index is 11.9. The van der Waals surface area contributed by atoms with Gasteiger partial charge in [-0.15, -0.1) is 0 Å². The lowest BCUT2D eigenvalue weighted by Gasteiger charge is -2.11. The Morgan fingerprint density at radius 3 is 2.81 bits per heavy atom. The molecule has 5 rings (SSSR count). The van der Waals surface area contributed by atoms with Gasteiger partial charge in [0.15, 0.2) is 5.82 Å². The third kappa shape index (κ3) is 4.76. The number of likely N-dealkylation sites (N-methyl/N-ethyl adjacent to an activating group) is 1. The lowest BCUT2D eigenvalue weighted by Crippen LogP contribution is -2.26. The van der Waals surface area contributed by atoms with E-state index < -0.39 is 0 Å². The van der Waals surface area contributed by atoms with Gasteiger partial charge in [0.1, 0.15) is 10.7 Å². The predicted octanol–water partition coefficient (Wildman–Crippen LogP) is 3.72. The second-order valence-corrected chi connectivity index (χ2v) is 9.19. The van der Waals surface area contributed by atoms with Gasteiger partial charge in [-0.25, -0.2) is 9.97 Å². The number of H-pyrrole nitrogens is 1. The number of carbonyl (C=O) groups excluding carboxylic acids is 1. The van der Waals surface area contributed by atoms with Crippen molar-refractivity contribution in [2.45, 2.75) is 28.7 Å². The van der Waals surface area contributed by atoms with Crippen LogP contribution in [0.3, 0.4) is 0 Å². The molecule has 1 aliphatic rings. The van der Waals surface area contributed by atoms with Crippen LogP contribution in [0.5, 0.6) is 0 Å². The zero-order chi connectivity index (χ0) is 22.1. The van der Waals surface area contributed by atoms with Gasteiger partial charge >= 0.3 is 0 Å². The number of aromatic amines is 1. The third-order valence-electron chi connectivity index (χ3n) is 5.04. The van der Waals surface area contributed by atoms with Gasteiger partial charge in [-0.2, -0.15) is 5.10 Å². The van der Waals surface area contributed by atoms with Crippen molar-refractivity contribution in [2.24, 2.45) is 0 Å². The number of nitrogens with zero attached hydrogens (tertiary/aromatic N) is 5. The first-order valence-corrected chi connectivity index (χ1v) is 11.2. The number of imidazole rings is 1. The van der Waals surface area contributed by atoms with Gasteiger partial charge in [0, 0.05) is 46.7 Å². The van der Waals surface area contributed by atoms with Gasteiger partial charge in [0.2, 0.25) is 11.9 Å². The highest BCUT2D eigenvalue weighted by Gasteiger charge is 2.25. The second-order valence-electron chi connectivity index (χ2n) is 8.09. The number of fused-ring (bicyclic) bond motifs is 1. The highest BCUT2D eigenvalue weighted by atomic mass is 32.2. The largest absolute Gasteiger partial charge is 0.325 e. The molecule has 0 unspecified atom stereocenters. The first-order valence-electron chi connectivity index (χ1n) is 10.4. The molecule has 3 heterocycles. The van der Waals surface area contributed by atoms with Crippen molar-refractivity contribution in [1.29, 1.82) is 0 Å². The Morgan fingerprint density at radius 1 is 1.25 bits per heavy atom. The maximum Gasteiger partial charge on any atom is 0.238 e. The number of hydrogen-bond acceptors (Lipinski definition) is 7. The van der Waals surface area contributed by atoms with Crippen molar-refractivity contribution in [2.75, 3.05) is 31.3 Å². The van der Waals surface area contributed by atoms with Gasteiger partial charge in [0.05, 0.1) is 6.54 Å². The summed E-state index contributed by atoms with van der Waals surface area (Å²) in [5.74, 6) is 1.97. The molecule has 10 heteroatoms. The number of carbonyl (C=O) groups is 1. The molecule has 1 amide bonds. The van der Waals surface area contributed by atoms with Crippen molar-refractivity contribution in [3.05, 3.63) is 54.5 Å². The van der Waals surface area contributed by atoms with Crippen LogP contribution in [0.4, 0.5) is 17.5 Å². The molecular weight excluding hydrogens is 424 g/mol. The van der Waals surface area contributed by atoms with Gasteiger partial charge in [-0.05, 0) is 51.2 Å². The van der Waals surface area contributed by atoms with Gasteiger partial charge in [-0.3, -0.25) is 14.3 Å². The van der Waals surface area contributed by atoms with Crippen LogP contribution >= 0.6 is 11.8 Å². The van der Waals surface area contributed by atoms with E-state index in [1.807, 2.05) is 66.0 Å². The fourth-order valence-electron chi connectivity index (χ4n) is 3.38. The summed E-state index contributed by atoms with van der Waals surface area (Å²) in [7, 11) is 3.73. The Kier molecular flexibility index (Phi) is 5.54. The smallest absolute Gasteiger partial charge is 0.238 e. The fourth-order valence-corrected chi connectivity index (χ4v) is 4.19. The Labute approximate surface area is 189 Å². The number of aromatic nitrogens is 5. The maximum absolute atomic E-state index is 11.9. The molecule has 0 bridgehead atoms. The van der Waals surface area contributed by atoms with Crippen molar-refractivity contribution in [3.8, 4) is 0 Å². The summed E-state index contributed by atoms with van der Waals surface area (Å²) < 4.78 is 1.90. The Bertz CT molecular complexity index is 1240. The topological polar surface area (TPSA) is 103 Å². The van der Waals surface area contributed by atoms with E-state index in [2.05, 4.69) is 25.8 Å².